The molecule has 0 fully saturated rings. The van der Waals surface area contributed by atoms with Crippen LogP contribution in [0.1, 0.15) is 29.2 Å². The summed E-state index contributed by atoms with van der Waals surface area (Å²) in [5.74, 6) is -0.172. The molecule has 1 aromatic heterocycles. The number of nitrogens with zero attached hydrogens (tertiary/aromatic N) is 1. The Morgan fingerprint density at radius 1 is 1.47 bits per heavy atom. The number of benzene rings is 1. The Morgan fingerprint density at radius 3 is 2.79 bits per heavy atom. The van der Waals surface area contributed by atoms with Gasteiger partial charge in [-0.1, -0.05) is 11.6 Å². The smallest absolute Gasteiger partial charge is 0.252 e. The van der Waals surface area contributed by atoms with Crippen LogP contribution in [-0.2, 0) is 5.54 Å². The van der Waals surface area contributed by atoms with E-state index in [2.05, 4.69) is 26.2 Å². The molecule has 0 saturated carbocycles. The van der Waals surface area contributed by atoms with Crippen molar-refractivity contribution in [2.75, 3.05) is 0 Å². The van der Waals surface area contributed by atoms with Crippen molar-refractivity contribution in [3.8, 4) is 0 Å². The van der Waals surface area contributed by atoms with E-state index in [1.54, 1.807) is 24.4 Å². The lowest BCUT2D eigenvalue weighted by Crippen LogP contribution is -2.40. The van der Waals surface area contributed by atoms with Crippen LogP contribution in [0.25, 0.3) is 0 Å². The minimum Gasteiger partial charge on any atom is -0.341 e. The van der Waals surface area contributed by atoms with E-state index in [9.17, 15) is 4.79 Å². The SMILES string of the molecule is CC(C)(NC(=O)c1ccc(Br)c(Cl)c1)c1nccs1. The summed E-state index contributed by atoms with van der Waals surface area (Å²) in [4.78, 5) is 16.4. The first-order chi connectivity index (χ1) is 8.90. The van der Waals surface area contributed by atoms with E-state index >= 15 is 0 Å². The van der Waals surface area contributed by atoms with E-state index in [-0.39, 0.29) is 5.91 Å². The van der Waals surface area contributed by atoms with Crippen molar-refractivity contribution in [1.29, 1.82) is 0 Å². The average molecular weight is 360 g/mol. The van der Waals surface area contributed by atoms with Gasteiger partial charge in [0, 0.05) is 21.6 Å². The number of hydrogen-bond donors (Lipinski definition) is 1. The molecule has 0 bridgehead atoms. The zero-order valence-corrected chi connectivity index (χ0v) is 13.6. The van der Waals surface area contributed by atoms with Crippen LogP contribution in [0, 0.1) is 0 Å². The van der Waals surface area contributed by atoms with Gasteiger partial charge in [-0.15, -0.1) is 11.3 Å². The van der Waals surface area contributed by atoms with Crippen LogP contribution in [0.4, 0.5) is 0 Å². The zero-order valence-electron chi connectivity index (χ0n) is 10.4. The summed E-state index contributed by atoms with van der Waals surface area (Å²) >= 11 is 10.8. The number of carbonyl (C=O) groups excluding carboxylic acids is 1. The van der Waals surface area contributed by atoms with Crippen molar-refractivity contribution < 1.29 is 4.79 Å². The molecule has 6 heteroatoms. The third kappa shape index (κ3) is 3.35. The van der Waals surface area contributed by atoms with E-state index in [0.29, 0.717) is 10.6 Å². The molecule has 0 aliphatic rings. The minimum absolute atomic E-state index is 0.172. The van der Waals surface area contributed by atoms with Gasteiger partial charge in [0.15, 0.2) is 0 Å². The average Bonchev–Trinajstić information content (AvgIpc) is 2.86. The predicted octanol–water partition coefficient (Wildman–Crippen LogP) is 4.22. The minimum atomic E-state index is -0.509. The van der Waals surface area contributed by atoms with Crippen molar-refractivity contribution >= 4 is 44.8 Å². The van der Waals surface area contributed by atoms with Crippen molar-refractivity contribution in [3.05, 3.63) is 49.8 Å². The zero-order chi connectivity index (χ0) is 14.0. The van der Waals surface area contributed by atoms with Gasteiger partial charge in [-0.25, -0.2) is 4.98 Å². The first-order valence-electron chi connectivity index (χ1n) is 5.58. The number of rotatable bonds is 3. The maximum absolute atomic E-state index is 12.2. The van der Waals surface area contributed by atoms with Crippen LogP contribution in [0.3, 0.4) is 0 Å². The van der Waals surface area contributed by atoms with E-state index in [1.807, 2.05) is 19.2 Å². The molecule has 0 saturated heterocycles. The highest BCUT2D eigenvalue weighted by molar-refractivity contribution is 9.10. The number of halogens is 2. The first kappa shape index (κ1) is 14.5. The van der Waals surface area contributed by atoms with Crippen LogP contribution in [-0.4, -0.2) is 10.9 Å². The Hall–Kier alpha value is -0.910. The molecule has 0 unspecified atom stereocenters. The molecule has 0 spiro atoms. The maximum Gasteiger partial charge on any atom is 0.252 e. The lowest BCUT2D eigenvalue weighted by atomic mass is 10.1. The molecule has 0 atom stereocenters. The van der Waals surface area contributed by atoms with E-state index in [1.165, 1.54) is 11.3 Å². The lowest BCUT2D eigenvalue weighted by Gasteiger charge is -2.23. The molecule has 0 radical (unpaired) electrons. The quantitative estimate of drug-likeness (QED) is 0.891. The van der Waals surface area contributed by atoms with Crippen molar-refractivity contribution in [2.24, 2.45) is 0 Å². The highest BCUT2D eigenvalue weighted by Gasteiger charge is 2.26. The second-order valence-electron chi connectivity index (χ2n) is 4.55. The molecule has 1 aromatic carbocycles. The Labute approximate surface area is 129 Å². The number of aromatic nitrogens is 1. The van der Waals surface area contributed by atoms with Crippen molar-refractivity contribution in [2.45, 2.75) is 19.4 Å². The summed E-state index contributed by atoms with van der Waals surface area (Å²) in [6, 6.07) is 5.12. The fraction of sp³-hybridized carbons (Fsp3) is 0.231. The first-order valence-corrected chi connectivity index (χ1v) is 7.63. The highest BCUT2D eigenvalue weighted by Crippen LogP contribution is 2.25. The predicted molar refractivity (Wildman–Crippen MR) is 81.8 cm³/mol. The number of hydrogen-bond acceptors (Lipinski definition) is 3. The molecular formula is C13H12BrClN2OS. The molecule has 19 heavy (non-hydrogen) atoms. The summed E-state index contributed by atoms with van der Waals surface area (Å²) in [6.07, 6.45) is 1.73. The van der Waals surface area contributed by atoms with E-state index in [4.69, 9.17) is 11.6 Å². The fourth-order valence-corrected chi connectivity index (χ4v) is 2.72. The normalized spacial score (nSPS) is 11.4. The number of amides is 1. The number of thiazole rings is 1. The van der Waals surface area contributed by atoms with Crippen molar-refractivity contribution in [3.63, 3.8) is 0 Å². The van der Waals surface area contributed by atoms with Gasteiger partial charge < -0.3 is 5.32 Å². The summed E-state index contributed by atoms with van der Waals surface area (Å²) in [7, 11) is 0. The van der Waals surface area contributed by atoms with Gasteiger partial charge in [-0.3, -0.25) is 4.79 Å². The Morgan fingerprint density at radius 2 is 2.21 bits per heavy atom. The van der Waals surface area contributed by atoms with E-state index < -0.39 is 5.54 Å². The Kier molecular flexibility index (Phi) is 4.28. The van der Waals surface area contributed by atoms with E-state index in [0.717, 1.165) is 9.48 Å². The summed E-state index contributed by atoms with van der Waals surface area (Å²) < 4.78 is 0.768. The van der Waals surface area contributed by atoms with Gasteiger partial charge in [0.2, 0.25) is 0 Å². The van der Waals surface area contributed by atoms with Gasteiger partial charge in [0.05, 0.1) is 10.6 Å². The molecular weight excluding hydrogens is 348 g/mol. The lowest BCUT2D eigenvalue weighted by molar-refractivity contribution is 0.0912. The van der Waals surface area contributed by atoms with Gasteiger partial charge >= 0.3 is 0 Å². The summed E-state index contributed by atoms with van der Waals surface area (Å²) in [5.41, 5.74) is 0.0166. The monoisotopic (exact) mass is 358 g/mol. The van der Waals surface area contributed by atoms with Gasteiger partial charge in [0.25, 0.3) is 5.91 Å². The molecule has 1 amide bonds. The van der Waals surface area contributed by atoms with Crippen LogP contribution in [0.15, 0.2) is 34.2 Å². The number of nitrogens with one attached hydrogen (secondary N) is 1. The van der Waals surface area contributed by atoms with Gasteiger partial charge in [-0.05, 0) is 48.0 Å². The van der Waals surface area contributed by atoms with Crippen LogP contribution < -0.4 is 5.32 Å². The molecule has 2 rings (SSSR count). The summed E-state index contributed by atoms with van der Waals surface area (Å²) in [6.45, 7) is 3.84. The van der Waals surface area contributed by atoms with Crippen LogP contribution >= 0.6 is 38.9 Å². The highest BCUT2D eigenvalue weighted by atomic mass is 79.9. The molecule has 2 aromatic rings. The third-order valence-electron chi connectivity index (χ3n) is 2.57. The van der Waals surface area contributed by atoms with Crippen molar-refractivity contribution in [1.82, 2.24) is 10.3 Å². The molecule has 0 aliphatic carbocycles. The van der Waals surface area contributed by atoms with Crippen LogP contribution in [0.5, 0.6) is 0 Å². The Balaban J connectivity index is 2.19. The fourth-order valence-electron chi connectivity index (χ4n) is 1.58. The largest absolute Gasteiger partial charge is 0.341 e. The van der Waals surface area contributed by atoms with Gasteiger partial charge in [0.1, 0.15) is 5.01 Å². The molecule has 0 aliphatic heterocycles. The topological polar surface area (TPSA) is 42.0 Å². The number of carbonyl (C=O) groups is 1. The molecule has 100 valence electrons. The maximum atomic E-state index is 12.2. The van der Waals surface area contributed by atoms with Crippen LogP contribution in [0.2, 0.25) is 5.02 Å². The van der Waals surface area contributed by atoms with Gasteiger partial charge in [-0.2, -0.15) is 0 Å². The summed E-state index contributed by atoms with van der Waals surface area (Å²) in [5, 5.41) is 6.22. The third-order valence-corrected chi connectivity index (χ3v) is 4.90. The Bertz CT molecular complexity index is 599. The standard InChI is InChI=1S/C13H12BrClN2OS/c1-13(2,12-16-5-6-19-12)17-11(18)8-3-4-9(14)10(15)7-8/h3-7H,1-2H3,(H,17,18). The second kappa shape index (κ2) is 5.61. The molecule has 3 nitrogen and oxygen atoms in total. The molecule has 1 heterocycles. The second-order valence-corrected chi connectivity index (χ2v) is 6.70. The molecule has 1 N–H and O–H groups in total.